The van der Waals surface area contributed by atoms with Crippen molar-refractivity contribution in [2.24, 2.45) is 0 Å². The number of allylic oxidation sites excluding steroid dienone is 1. The molecule has 6 heteroatoms. The van der Waals surface area contributed by atoms with E-state index < -0.39 is 0 Å². The first-order valence-corrected chi connectivity index (χ1v) is 8.98. The third kappa shape index (κ3) is 3.65. The summed E-state index contributed by atoms with van der Waals surface area (Å²) >= 11 is 0. The Kier molecular flexibility index (Phi) is 4.91. The molecular weight excluding hydrogens is 372 g/mol. The Bertz CT molecular complexity index is 1090. The number of carbonyl (C=O) groups excluding carboxylic acids is 2. The molecule has 0 N–H and O–H groups in total. The number of ketones is 1. The van der Waals surface area contributed by atoms with E-state index in [0.717, 1.165) is 11.1 Å². The number of methoxy groups -OCH3 is 1. The van der Waals surface area contributed by atoms with Crippen molar-refractivity contribution in [1.29, 1.82) is 0 Å². The summed E-state index contributed by atoms with van der Waals surface area (Å²) in [5.41, 5.74) is 2.61. The second kappa shape index (κ2) is 7.67. The quantitative estimate of drug-likeness (QED) is 0.469. The monoisotopic (exact) mass is 390 g/mol. The van der Waals surface area contributed by atoms with E-state index in [-0.39, 0.29) is 17.5 Å². The summed E-state index contributed by atoms with van der Waals surface area (Å²) in [6, 6.07) is 13.9. The van der Waals surface area contributed by atoms with Gasteiger partial charge in [0.05, 0.1) is 24.5 Å². The molecule has 0 bridgehead atoms. The van der Waals surface area contributed by atoms with Crippen LogP contribution >= 0.6 is 0 Å². The van der Waals surface area contributed by atoms with Gasteiger partial charge >= 0.3 is 5.97 Å². The number of benzene rings is 2. The Balaban J connectivity index is 1.50. The zero-order valence-electron chi connectivity index (χ0n) is 15.9. The van der Waals surface area contributed by atoms with E-state index in [4.69, 9.17) is 18.6 Å². The van der Waals surface area contributed by atoms with Crippen molar-refractivity contribution in [3.05, 3.63) is 88.6 Å². The molecule has 0 saturated heterocycles. The standard InChI is InChI=1S/C23H18O6/c1-14-19(28-13-15-5-7-16(8-6-15)23(25)26-2)10-9-18-21(24)20(29-22(14)18)12-17-4-3-11-27-17/h3-12H,13H2,1-2H3/b20-12-. The Morgan fingerprint density at radius 1 is 1.10 bits per heavy atom. The number of hydrogen-bond donors (Lipinski definition) is 0. The number of carbonyl (C=O) groups is 2. The van der Waals surface area contributed by atoms with Crippen LogP contribution in [-0.2, 0) is 11.3 Å². The number of hydrogen-bond acceptors (Lipinski definition) is 6. The van der Waals surface area contributed by atoms with Crippen LogP contribution in [0, 0.1) is 6.92 Å². The molecule has 29 heavy (non-hydrogen) atoms. The minimum absolute atomic E-state index is 0.190. The van der Waals surface area contributed by atoms with E-state index in [9.17, 15) is 9.59 Å². The summed E-state index contributed by atoms with van der Waals surface area (Å²) in [6.07, 6.45) is 3.11. The van der Waals surface area contributed by atoms with E-state index in [0.29, 0.717) is 35.0 Å². The van der Waals surface area contributed by atoms with E-state index >= 15 is 0 Å². The van der Waals surface area contributed by atoms with Gasteiger partial charge in [0, 0.05) is 11.6 Å². The second-order valence-corrected chi connectivity index (χ2v) is 6.50. The van der Waals surface area contributed by atoms with Crippen LogP contribution in [0.3, 0.4) is 0 Å². The van der Waals surface area contributed by atoms with Crippen LogP contribution in [0.15, 0.2) is 65.0 Å². The first-order valence-electron chi connectivity index (χ1n) is 8.98. The minimum Gasteiger partial charge on any atom is -0.488 e. The molecule has 0 saturated carbocycles. The lowest BCUT2D eigenvalue weighted by Crippen LogP contribution is -2.02. The van der Waals surface area contributed by atoms with Crippen molar-refractivity contribution >= 4 is 17.8 Å². The third-order valence-electron chi connectivity index (χ3n) is 4.62. The maximum atomic E-state index is 12.6. The molecule has 146 valence electrons. The highest BCUT2D eigenvalue weighted by molar-refractivity contribution is 6.14. The van der Waals surface area contributed by atoms with Crippen LogP contribution in [-0.4, -0.2) is 18.9 Å². The Hall–Kier alpha value is -3.80. The van der Waals surface area contributed by atoms with Gasteiger partial charge < -0.3 is 18.6 Å². The second-order valence-electron chi connectivity index (χ2n) is 6.50. The fourth-order valence-electron chi connectivity index (χ4n) is 3.04. The van der Waals surface area contributed by atoms with Gasteiger partial charge in [0.25, 0.3) is 0 Å². The third-order valence-corrected chi connectivity index (χ3v) is 4.62. The molecule has 3 aromatic rings. The molecule has 1 aliphatic rings. The van der Waals surface area contributed by atoms with Crippen LogP contribution in [0.1, 0.15) is 37.6 Å². The van der Waals surface area contributed by atoms with E-state index in [2.05, 4.69) is 0 Å². The number of furan rings is 1. The number of ether oxygens (including phenoxy) is 3. The topological polar surface area (TPSA) is 75.0 Å². The fraction of sp³-hybridized carbons (Fsp3) is 0.130. The lowest BCUT2D eigenvalue weighted by atomic mass is 10.1. The van der Waals surface area contributed by atoms with Crippen molar-refractivity contribution < 1.29 is 28.2 Å². The van der Waals surface area contributed by atoms with Gasteiger partial charge in [-0.25, -0.2) is 4.79 Å². The molecule has 6 nitrogen and oxygen atoms in total. The first-order chi connectivity index (χ1) is 14.1. The summed E-state index contributed by atoms with van der Waals surface area (Å²) in [7, 11) is 1.35. The van der Waals surface area contributed by atoms with Gasteiger partial charge in [-0.1, -0.05) is 12.1 Å². The summed E-state index contributed by atoms with van der Waals surface area (Å²) in [6.45, 7) is 2.15. The van der Waals surface area contributed by atoms with Crippen LogP contribution in [0.25, 0.3) is 6.08 Å². The molecule has 0 fully saturated rings. The molecule has 0 atom stereocenters. The van der Waals surface area contributed by atoms with Crippen molar-refractivity contribution in [2.45, 2.75) is 13.5 Å². The maximum Gasteiger partial charge on any atom is 0.337 e. The highest BCUT2D eigenvalue weighted by Gasteiger charge is 2.30. The molecule has 0 aliphatic carbocycles. The van der Waals surface area contributed by atoms with Gasteiger partial charge in [0.1, 0.15) is 23.9 Å². The zero-order valence-corrected chi connectivity index (χ0v) is 15.9. The van der Waals surface area contributed by atoms with Gasteiger partial charge in [-0.15, -0.1) is 0 Å². The Morgan fingerprint density at radius 3 is 2.59 bits per heavy atom. The molecule has 1 aromatic heterocycles. The number of esters is 1. The fourth-order valence-corrected chi connectivity index (χ4v) is 3.04. The van der Waals surface area contributed by atoms with Crippen LogP contribution in [0.5, 0.6) is 11.5 Å². The average molecular weight is 390 g/mol. The maximum absolute atomic E-state index is 12.6. The summed E-state index contributed by atoms with van der Waals surface area (Å²) in [4.78, 5) is 24.1. The Morgan fingerprint density at radius 2 is 1.90 bits per heavy atom. The smallest absolute Gasteiger partial charge is 0.337 e. The summed E-state index contributed by atoms with van der Waals surface area (Å²) in [5, 5.41) is 0. The van der Waals surface area contributed by atoms with Crippen LogP contribution in [0.2, 0.25) is 0 Å². The van der Waals surface area contributed by atoms with Crippen molar-refractivity contribution in [1.82, 2.24) is 0 Å². The lowest BCUT2D eigenvalue weighted by molar-refractivity contribution is 0.0600. The van der Waals surface area contributed by atoms with Crippen LogP contribution < -0.4 is 9.47 Å². The zero-order chi connectivity index (χ0) is 20.4. The van der Waals surface area contributed by atoms with Crippen molar-refractivity contribution in [3.63, 3.8) is 0 Å². The molecule has 0 radical (unpaired) electrons. The number of Topliss-reactive ketones (excluding diaryl/α,β-unsaturated/α-hetero) is 1. The highest BCUT2D eigenvalue weighted by Crippen LogP contribution is 2.39. The van der Waals surface area contributed by atoms with Gasteiger partial charge in [0.15, 0.2) is 5.76 Å². The lowest BCUT2D eigenvalue weighted by Gasteiger charge is -2.11. The van der Waals surface area contributed by atoms with E-state index in [1.165, 1.54) is 13.4 Å². The molecule has 0 unspecified atom stereocenters. The predicted molar refractivity (Wildman–Crippen MR) is 105 cm³/mol. The van der Waals surface area contributed by atoms with Gasteiger partial charge in [-0.2, -0.15) is 0 Å². The van der Waals surface area contributed by atoms with E-state index in [1.807, 2.05) is 6.92 Å². The average Bonchev–Trinajstić information content (AvgIpc) is 3.36. The molecule has 2 heterocycles. The largest absolute Gasteiger partial charge is 0.488 e. The molecule has 4 rings (SSSR count). The molecular formula is C23H18O6. The van der Waals surface area contributed by atoms with E-state index in [1.54, 1.807) is 54.6 Å². The normalized spacial score (nSPS) is 13.9. The van der Waals surface area contributed by atoms with Gasteiger partial charge in [-0.3, -0.25) is 4.79 Å². The predicted octanol–water partition coefficient (Wildman–Crippen LogP) is 4.57. The van der Waals surface area contributed by atoms with Crippen molar-refractivity contribution in [2.75, 3.05) is 7.11 Å². The molecule has 0 spiro atoms. The van der Waals surface area contributed by atoms with Crippen LogP contribution in [0.4, 0.5) is 0 Å². The summed E-state index contributed by atoms with van der Waals surface area (Å²) in [5.74, 6) is 1.30. The number of rotatable bonds is 5. The Labute approximate surface area is 167 Å². The minimum atomic E-state index is -0.382. The van der Waals surface area contributed by atoms with Gasteiger partial charge in [0.2, 0.25) is 5.78 Å². The first kappa shape index (κ1) is 18.6. The van der Waals surface area contributed by atoms with Gasteiger partial charge in [-0.05, 0) is 48.9 Å². The molecule has 2 aromatic carbocycles. The van der Waals surface area contributed by atoms with Crippen molar-refractivity contribution in [3.8, 4) is 11.5 Å². The molecule has 0 amide bonds. The SMILES string of the molecule is COC(=O)c1ccc(COc2ccc3c(c2C)O/C(=C\c2ccco2)C3=O)cc1. The summed E-state index contributed by atoms with van der Waals surface area (Å²) < 4.78 is 21.6. The molecule has 1 aliphatic heterocycles. The highest BCUT2D eigenvalue weighted by atomic mass is 16.5. The number of fused-ring (bicyclic) bond motifs is 1.